The summed E-state index contributed by atoms with van der Waals surface area (Å²) in [6, 6.07) is 2.88. The van der Waals surface area contributed by atoms with Crippen molar-refractivity contribution in [1.82, 2.24) is 10.6 Å². The van der Waals surface area contributed by atoms with Gasteiger partial charge in [0.05, 0.1) is 11.6 Å². The van der Waals surface area contributed by atoms with Gasteiger partial charge in [0.2, 0.25) is 11.8 Å². The minimum Gasteiger partial charge on any atom is -0.478 e. The zero-order valence-corrected chi connectivity index (χ0v) is 10.5. The molecule has 1 heterocycles. The predicted octanol–water partition coefficient (Wildman–Crippen LogP) is 0.419. The standard InChI is InChI=1S/C13H13FN2O4/c14-9-2-1-7(13(19)20)5-8(9)6-15-10-3-4-11(17)16-12(10)18/h1-2,5,10,15H,3-4,6H2,(H,19,20)(H,16,17,18). The van der Waals surface area contributed by atoms with E-state index in [1.54, 1.807) is 0 Å². The molecule has 0 aromatic heterocycles. The second kappa shape index (κ2) is 5.79. The summed E-state index contributed by atoms with van der Waals surface area (Å²) >= 11 is 0. The average molecular weight is 280 g/mol. The van der Waals surface area contributed by atoms with E-state index < -0.39 is 23.7 Å². The van der Waals surface area contributed by atoms with Crippen molar-refractivity contribution in [1.29, 1.82) is 0 Å². The van der Waals surface area contributed by atoms with Crippen LogP contribution in [-0.2, 0) is 16.1 Å². The van der Waals surface area contributed by atoms with Gasteiger partial charge in [0, 0.05) is 18.5 Å². The number of imide groups is 1. The molecule has 0 bridgehead atoms. The third-order valence-corrected chi connectivity index (χ3v) is 3.07. The van der Waals surface area contributed by atoms with Crippen molar-refractivity contribution in [3.05, 3.63) is 35.1 Å². The third kappa shape index (κ3) is 3.18. The van der Waals surface area contributed by atoms with Gasteiger partial charge in [-0.25, -0.2) is 9.18 Å². The second-order valence-electron chi connectivity index (χ2n) is 4.50. The number of rotatable bonds is 4. The largest absolute Gasteiger partial charge is 0.478 e. The van der Waals surface area contributed by atoms with Crippen LogP contribution in [0.4, 0.5) is 4.39 Å². The van der Waals surface area contributed by atoms with Crippen LogP contribution in [0.25, 0.3) is 0 Å². The maximum absolute atomic E-state index is 13.6. The maximum Gasteiger partial charge on any atom is 0.335 e. The molecule has 1 fully saturated rings. The number of hydrogen-bond acceptors (Lipinski definition) is 4. The van der Waals surface area contributed by atoms with Crippen LogP contribution in [0.1, 0.15) is 28.8 Å². The van der Waals surface area contributed by atoms with Crippen LogP contribution in [0.2, 0.25) is 0 Å². The second-order valence-corrected chi connectivity index (χ2v) is 4.50. The number of carboxylic acid groups (broad SMARTS) is 1. The fourth-order valence-electron chi connectivity index (χ4n) is 1.96. The van der Waals surface area contributed by atoms with E-state index in [1.165, 1.54) is 12.1 Å². The Kier molecular flexibility index (Phi) is 4.09. The van der Waals surface area contributed by atoms with Crippen molar-refractivity contribution >= 4 is 17.8 Å². The molecule has 0 radical (unpaired) electrons. The lowest BCUT2D eigenvalue weighted by molar-refractivity contribution is -0.134. The summed E-state index contributed by atoms with van der Waals surface area (Å²) in [6.45, 7) is 0.0131. The highest BCUT2D eigenvalue weighted by molar-refractivity contribution is 6.00. The summed E-state index contributed by atoms with van der Waals surface area (Å²) in [6.07, 6.45) is 0.561. The number of carboxylic acids is 1. The number of nitrogens with one attached hydrogen (secondary N) is 2. The summed E-state index contributed by atoms with van der Waals surface area (Å²) in [5, 5.41) is 13.8. The molecule has 1 aromatic rings. The first kappa shape index (κ1) is 14.1. The molecule has 2 amide bonds. The lowest BCUT2D eigenvalue weighted by Crippen LogP contribution is -2.50. The molecule has 1 unspecified atom stereocenters. The molecule has 106 valence electrons. The van der Waals surface area contributed by atoms with Crippen LogP contribution in [0, 0.1) is 5.82 Å². The van der Waals surface area contributed by atoms with Crippen LogP contribution in [0.5, 0.6) is 0 Å². The maximum atomic E-state index is 13.6. The molecule has 1 aliphatic heterocycles. The first-order chi connectivity index (χ1) is 9.47. The van der Waals surface area contributed by atoms with Gasteiger partial charge in [-0.3, -0.25) is 14.9 Å². The van der Waals surface area contributed by atoms with Crippen LogP contribution < -0.4 is 10.6 Å². The lowest BCUT2D eigenvalue weighted by atomic mass is 10.0. The minimum atomic E-state index is -1.15. The molecule has 1 saturated heterocycles. The first-order valence-electron chi connectivity index (χ1n) is 6.06. The Bertz CT molecular complexity index is 573. The first-order valence-corrected chi connectivity index (χ1v) is 6.06. The van der Waals surface area contributed by atoms with E-state index >= 15 is 0 Å². The molecular formula is C13H13FN2O4. The number of halogens is 1. The Morgan fingerprint density at radius 2 is 2.20 bits per heavy atom. The van der Waals surface area contributed by atoms with Crippen LogP contribution in [0.3, 0.4) is 0 Å². The average Bonchev–Trinajstić information content (AvgIpc) is 2.39. The van der Waals surface area contributed by atoms with Crippen molar-refractivity contribution in [2.45, 2.75) is 25.4 Å². The van der Waals surface area contributed by atoms with E-state index in [9.17, 15) is 18.8 Å². The lowest BCUT2D eigenvalue weighted by Gasteiger charge is -2.22. The van der Waals surface area contributed by atoms with Gasteiger partial charge in [0.15, 0.2) is 0 Å². The van der Waals surface area contributed by atoms with Crippen molar-refractivity contribution in [2.75, 3.05) is 0 Å². The molecular weight excluding hydrogens is 267 g/mol. The van der Waals surface area contributed by atoms with Gasteiger partial charge in [-0.2, -0.15) is 0 Å². The van der Waals surface area contributed by atoms with Gasteiger partial charge in [-0.05, 0) is 24.6 Å². The number of amides is 2. The number of benzene rings is 1. The normalized spacial score (nSPS) is 18.8. The van der Waals surface area contributed by atoms with Crippen LogP contribution in [-0.4, -0.2) is 28.9 Å². The van der Waals surface area contributed by atoms with E-state index in [2.05, 4.69) is 10.6 Å². The summed E-state index contributed by atoms with van der Waals surface area (Å²) in [5.74, 6) is -2.47. The molecule has 6 nitrogen and oxygen atoms in total. The number of carbonyl (C=O) groups excluding carboxylic acids is 2. The van der Waals surface area contributed by atoms with E-state index in [0.717, 1.165) is 6.07 Å². The van der Waals surface area contributed by atoms with Crippen molar-refractivity contribution in [3.63, 3.8) is 0 Å². The Morgan fingerprint density at radius 3 is 2.85 bits per heavy atom. The van der Waals surface area contributed by atoms with Crippen molar-refractivity contribution < 1.29 is 23.9 Å². The van der Waals surface area contributed by atoms with Gasteiger partial charge in [-0.15, -0.1) is 0 Å². The molecule has 1 aromatic carbocycles. The van der Waals surface area contributed by atoms with Crippen molar-refractivity contribution in [2.24, 2.45) is 0 Å². The molecule has 0 saturated carbocycles. The number of hydrogen-bond donors (Lipinski definition) is 3. The molecule has 0 aliphatic carbocycles. The Labute approximate surface area is 114 Å². The molecule has 20 heavy (non-hydrogen) atoms. The fraction of sp³-hybridized carbons (Fsp3) is 0.308. The summed E-state index contributed by atoms with van der Waals surface area (Å²) in [4.78, 5) is 33.3. The number of piperidine rings is 1. The highest BCUT2D eigenvalue weighted by Crippen LogP contribution is 2.12. The topological polar surface area (TPSA) is 95.5 Å². The molecule has 7 heteroatoms. The minimum absolute atomic E-state index is 0.0131. The molecule has 1 aliphatic rings. The monoisotopic (exact) mass is 280 g/mol. The molecule has 2 rings (SSSR count). The SMILES string of the molecule is O=C1CCC(NCc2cc(C(=O)O)ccc2F)C(=O)N1. The Morgan fingerprint density at radius 1 is 1.45 bits per heavy atom. The van der Waals surface area contributed by atoms with Crippen molar-refractivity contribution in [3.8, 4) is 0 Å². The van der Waals surface area contributed by atoms with E-state index in [1.807, 2.05) is 0 Å². The van der Waals surface area contributed by atoms with Gasteiger partial charge in [0.25, 0.3) is 0 Å². The third-order valence-electron chi connectivity index (χ3n) is 3.07. The Balaban J connectivity index is 2.03. The highest BCUT2D eigenvalue weighted by atomic mass is 19.1. The molecule has 3 N–H and O–H groups in total. The molecule has 0 spiro atoms. The van der Waals surface area contributed by atoms with Crippen LogP contribution in [0.15, 0.2) is 18.2 Å². The summed E-state index contributed by atoms with van der Waals surface area (Å²) in [7, 11) is 0. The zero-order valence-electron chi connectivity index (χ0n) is 10.5. The summed E-state index contributed by atoms with van der Waals surface area (Å²) < 4.78 is 13.6. The van der Waals surface area contributed by atoms with E-state index in [4.69, 9.17) is 5.11 Å². The van der Waals surface area contributed by atoms with Gasteiger partial charge < -0.3 is 10.4 Å². The fourth-order valence-corrected chi connectivity index (χ4v) is 1.96. The van der Waals surface area contributed by atoms with E-state index in [-0.39, 0.29) is 30.0 Å². The highest BCUT2D eigenvalue weighted by Gasteiger charge is 2.26. The number of aromatic carboxylic acids is 1. The van der Waals surface area contributed by atoms with Crippen LogP contribution >= 0.6 is 0 Å². The van der Waals surface area contributed by atoms with Gasteiger partial charge in [-0.1, -0.05) is 0 Å². The van der Waals surface area contributed by atoms with Gasteiger partial charge in [0.1, 0.15) is 5.82 Å². The number of carbonyl (C=O) groups is 3. The predicted molar refractivity (Wildman–Crippen MR) is 66.4 cm³/mol. The smallest absolute Gasteiger partial charge is 0.335 e. The molecule has 1 atom stereocenters. The zero-order chi connectivity index (χ0) is 14.7. The quantitative estimate of drug-likeness (QED) is 0.695. The Hall–Kier alpha value is -2.28. The summed E-state index contributed by atoms with van der Waals surface area (Å²) in [5.41, 5.74) is 0.140. The van der Waals surface area contributed by atoms with Gasteiger partial charge >= 0.3 is 5.97 Å². The van der Waals surface area contributed by atoms with E-state index in [0.29, 0.717) is 6.42 Å².